The second-order valence-electron chi connectivity index (χ2n) is 3.85. The van der Waals surface area contributed by atoms with Crippen molar-refractivity contribution >= 4 is 27.3 Å². The van der Waals surface area contributed by atoms with Crippen LogP contribution in [0.25, 0.3) is 0 Å². The maximum Gasteiger partial charge on any atom is 0.101 e. The molecule has 2 aromatic rings. The van der Waals surface area contributed by atoms with Gasteiger partial charge < -0.3 is 11.1 Å². The van der Waals surface area contributed by atoms with Crippen molar-refractivity contribution in [3.8, 4) is 6.07 Å². The highest BCUT2D eigenvalue weighted by Gasteiger charge is 2.03. The third kappa shape index (κ3) is 2.82. The Bertz CT molecular complexity index is 602. The molecular formula is C14H12BrN3. The average molecular weight is 302 g/mol. The lowest BCUT2D eigenvalue weighted by atomic mass is 10.1. The first-order valence-corrected chi connectivity index (χ1v) is 6.27. The van der Waals surface area contributed by atoms with E-state index in [0.29, 0.717) is 12.1 Å². The lowest BCUT2D eigenvalue weighted by Gasteiger charge is -2.10. The molecule has 2 aromatic carbocycles. The Morgan fingerprint density at radius 3 is 2.72 bits per heavy atom. The highest BCUT2D eigenvalue weighted by atomic mass is 79.9. The highest BCUT2D eigenvalue weighted by molar-refractivity contribution is 9.10. The van der Waals surface area contributed by atoms with Gasteiger partial charge in [0.15, 0.2) is 0 Å². The van der Waals surface area contributed by atoms with Gasteiger partial charge in [-0.2, -0.15) is 5.26 Å². The Morgan fingerprint density at radius 2 is 2.00 bits per heavy atom. The van der Waals surface area contributed by atoms with E-state index in [2.05, 4.69) is 27.3 Å². The maximum atomic E-state index is 9.03. The van der Waals surface area contributed by atoms with Crippen LogP contribution in [-0.2, 0) is 6.54 Å². The summed E-state index contributed by atoms with van der Waals surface area (Å²) >= 11 is 3.39. The van der Waals surface area contributed by atoms with Crippen LogP contribution in [0.5, 0.6) is 0 Å². The van der Waals surface area contributed by atoms with Crippen LogP contribution in [-0.4, -0.2) is 0 Å². The van der Waals surface area contributed by atoms with Gasteiger partial charge in [0, 0.05) is 16.7 Å². The van der Waals surface area contributed by atoms with Crippen LogP contribution in [0.15, 0.2) is 46.9 Å². The molecule has 3 N–H and O–H groups in total. The summed E-state index contributed by atoms with van der Waals surface area (Å²) in [5, 5.41) is 12.3. The van der Waals surface area contributed by atoms with Crippen LogP contribution in [0.3, 0.4) is 0 Å². The molecule has 2 rings (SSSR count). The zero-order chi connectivity index (χ0) is 13.0. The molecule has 0 heterocycles. The first-order chi connectivity index (χ1) is 8.70. The van der Waals surface area contributed by atoms with Gasteiger partial charge >= 0.3 is 0 Å². The molecular weight excluding hydrogens is 290 g/mol. The third-order valence-corrected chi connectivity index (χ3v) is 3.12. The van der Waals surface area contributed by atoms with E-state index in [9.17, 15) is 0 Å². The normalized spacial score (nSPS) is 9.78. The number of hydrogen-bond acceptors (Lipinski definition) is 3. The summed E-state index contributed by atoms with van der Waals surface area (Å²) in [6.07, 6.45) is 0. The van der Waals surface area contributed by atoms with Gasteiger partial charge in [0.05, 0.1) is 11.3 Å². The van der Waals surface area contributed by atoms with Crippen LogP contribution in [0.2, 0.25) is 0 Å². The fourth-order valence-corrected chi connectivity index (χ4v) is 2.01. The molecule has 0 saturated carbocycles. The molecule has 0 aromatic heterocycles. The van der Waals surface area contributed by atoms with E-state index in [1.807, 2.05) is 36.4 Å². The van der Waals surface area contributed by atoms with Gasteiger partial charge in [-0.05, 0) is 29.8 Å². The standard InChI is InChI=1S/C14H12BrN3/c15-12-6-5-10(8-16)14(7-12)18-9-11-3-1-2-4-13(11)17/h1-7,18H,9,17H2. The smallest absolute Gasteiger partial charge is 0.101 e. The van der Waals surface area contributed by atoms with E-state index in [1.165, 1.54) is 0 Å². The van der Waals surface area contributed by atoms with E-state index in [4.69, 9.17) is 11.0 Å². The maximum absolute atomic E-state index is 9.03. The molecule has 0 saturated heterocycles. The molecule has 0 unspecified atom stereocenters. The number of anilines is 2. The summed E-state index contributed by atoms with van der Waals surface area (Å²) in [6, 6.07) is 15.3. The lowest BCUT2D eigenvalue weighted by molar-refractivity contribution is 1.15. The van der Waals surface area contributed by atoms with Gasteiger partial charge in [0.2, 0.25) is 0 Å². The molecule has 0 radical (unpaired) electrons. The Morgan fingerprint density at radius 1 is 1.22 bits per heavy atom. The second kappa shape index (κ2) is 5.56. The van der Waals surface area contributed by atoms with Gasteiger partial charge in [0.1, 0.15) is 6.07 Å². The summed E-state index contributed by atoms with van der Waals surface area (Å²) in [4.78, 5) is 0. The largest absolute Gasteiger partial charge is 0.398 e. The van der Waals surface area contributed by atoms with Crippen LogP contribution in [0.1, 0.15) is 11.1 Å². The zero-order valence-corrected chi connectivity index (χ0v) is 11.2. The Labute approximate surface area is 114 Å². The Balaban J connectivity index is 2.18. The number of nitrogens with one attached hydrogen (secondary N) is 1. The van der Waals surface area contributed by atoms with Crippen molar-refractivity contribution in [3.63, 3.8) is 0 Å². The molecule has 18 heavy (non-hydrogen) atoms. The van der Waals surface area contributed by atoms with Gasteiger partial charge in [0.25, 0.3) is 0 Å². The minimum Gasteiger partial charge on any atom is -0.398 e. The topological polar surface area (TPSA) is 61.8 Å². The van der Waals surface area contributed by atoms with Gasteiger partial charge in [-0.1, -0.05) is 34.1 Å². The monoisotopic (exact) mass is 301 g/mol. The number of rotatable bonds is 3. The summed E-state index contributed by atoms with van der Waals surface area (Å²) < 4.78 is 0.935. The van der Waals surface area contributed by atoms with Crippen molar-refractivity contribution in [2.75, 3.05) is 11.1 Å². The van der Waals surface area contributed by atoms with Crippen molar-refractivity contribution in [1.29, 1.82) is 5.26 Å². The first kappa shape index (κ1) is 12.5. The van der Waals surface area contributed by atoms with E-state index in [-0.39, 0.29) is 0 Å². The Hall–Kier alpha value is -1.99. The second-order valence-corrected chi connectivity index (χ2v) is 4.77. The molecule has 0 aliphatic carbocycles. The first-order valence-electron chi connectivity index (χ1n) is 5.47. The van der Waals surface area contributed by atoms with E-state index in [0.717, 1.165) is 21.4 Å². The SMILES string of the molecule is N#Cc1ccc(Br)cc1NCc1ccccc1N. The number of halogens is 1. The van der Waals surface area contributed by atoms with Gasteiger partial charge in [-0.25, -0.2) is 0 Å². The number of nitriles is 1. The minimum absolute atomic E-state index is 0.595. The molecule has 4 heteroatoms. The lowest BCUT2D eigenvalue weighted by Crippen LogP contribution is -2.04. The molecule has 0 bridgehead atoms. The molecule has 0 aliphatic heterocycles. The van der Waals surface area contributed by atoms with Gasteiger partial charge in [-0.3, -0.25) is 0 Å². The van der Waals surface area contributed by atoms with Crippen molar-refractivity contribution in [3.05, 3.63) is 58.1 Å². The number of benzene rings is 2. The average Bonchev–Trinajstić information content (AvgIpc) is 2.38. The minimum atomic E-state index is 0.595. The van der Waals surface area contributed by atoms with Crippen molar-refractivity contribution in [1.82, 2.24) is 0 Å². The van der Waals surface area contributed by atoms with E-state index >= 15 is 0 Å². The van der Waals surface area contributed by atoms with Crippen molar-refractivity contribution < 1.29 is 0 Å². The molecule has 0 atom stereocenters. The molecule has 0 fully saturated rings. The third-order valence-electron chi connectivity index (χ3n) is 2.63. The van der Waals surface area contributed by atoms with Gasteiger partial charge in [-0.15, -0.1) is 0 Å². The molecule has 0 aliphatic rings. The number of nitrogen functional groups attached to an aromatic ring is 1. The van der Waals surface area contributed by atoms with Crippen LogP contribution in [0.4, 0.5) is 11.4 Å². The molecule has 0 amide bonds. The summed E-state index contributed by atoms with van der Waals surface area (Å²) in [6.45, 7) is 0.595. The number of para-hydroxylation sites is 1. The molecule has 90 valence electrons. The summed E-state index contributed by atoms with van der Waals surface area (Å²) in [7, 11) is 0. The fourth-order valence-electron chi connectivity index (χ4n) is 1.65. The van der Waals surface area contributed by atoms with E-state index in [1.54, 1.807) is 6.07 Å². The van der Waals surface area contributed by atoms with Crippen LogP contribution in [0, 0.1) is 11.3 Å². The van der Waals surface area contributed by atoms with Crippen LogP contribution >= 0.6 is 15.9 Å². The predicted octanol–water partition coefficient (Wildman–Crippen LogP) is 3.52. The number of nitrogens with two attached hydrogens (primary N) is 1. The molecule has 0 spiro atoms. The number of hydrogen-bond donors (Lipinski definition) is 2. The Kier molecular flexibility index (Phi) is 3.85. The van der Waals surface area contributed by atoms with E-state index < -0.39 is 0 Å². The fraction of sp³-hybridized carbons (Fsp3) is 0.0714. The van der Waals surface area contributed by atoms with Crippen molar-refractivity contribution in [2.45, 2.75) is 6.54 Å². The highest BCUT2D eigenvalue weighted by Crippen LogP contribution is 2.22. The predicted molar refractivity (Wildman–Crippen MR) is 77.0 cm³/mol. The number of nitrogens with zero attached hydrogens (tertiary/aromatic N) is 1. The van der Waals surface area contributed by atoms with Crippen LogP contribution < -0.4 is 11.1 Å². The molecule has 3 nitrogen and oxygen atoms in total. The quantitative estimate of drug-likeness (QED) is 0.853. The van der Waals surface area contributed by atoms with Crippen molar-refractivity contribution in [2.24, 2.45) is 0 Å². The summed E-state index contributed by atoms with van der Waals surface area (Å²) in [5.74, 6) is 0. The summed E-state index contributed by atoms with van der Waals surface area (Å²) in [5.41, 5.74) is 9.05. The zero-order valence-electron chi connectivity index (χ0n) is 9.65.